The molecule has 0 aromatic heterocycles. The Hall–Kier alpha value is -1.79. The van der Waals surface area contributed by atoms with Gasteiger partial charge in [0.05, 0.1) is 0 Å². The van der Waals surface area contributed by atoms with Gasteiger partial charge < -0.3 is 5.11 Å². The number of unbranched alkanes of at least 4 members (excludes halogenated alkanes) is 1. The van der Waals surface area contributed by atoms with Crippen LogP contribution in [0.5, 0.6) is 0 Å². The molecule has 0 unspecified atom stereocenters. The Kier molecular flexibility index (Phi) is 6.83. The molecule has 2 aliphatic rings. The minimum absolute atomic E-state index is 0.00265. The number of fused-ring (bicyclic) bond motifs is 1. The van der Waals surface area contributed by atoms with E-state index >= 15 is 0 Å². The number of carboxylic acid groups (broad SMARTS) is 1. The molecule has 1 saturated heterocycles. The monoisotopic (exact) mass is 407 g/mol. The molecule has 0 aliphatic carbocycles. The molecule has 1 aromatic carbocycles. The highest BCUT2D eigenvalue weighted by Gasteiger charge is 2.49. The summed E-state index contributed by atoms with van der Waals surface area (Å²) in [5, 5.41) is 12.5. The van der Waals surface area contributed by atoms with Gasteiger partial charge in [-0.05, 0) is 50.2 Å². The third kappa shape index (κ3) is 4.78. The van der Waals surface area contributed by atoms with Crippen molar-refractivity contribution in [2.75, 3.05) is 19.3 Å². The highest BCUT2D eigenvalue weighted by Crippen LogP contribution is 2.59. The highest BCUT2D eigenvalue weighted by molar-refractivity contribution is 7.70. The number of hydrogen-bond acceptors (Lipinski definition) is 5. The molecule has 0 radical (unpaired) electrons. The Morgan fingerprint density at radius 3 is 2.61 bits per heavy atom. The lowest BCUT2D eigenvalue weighted by Gasteiger charge is -2.41. The van der Waals surface area contributed by atoms with E-state index in [0.29, 0.717) is 38.8 Å². The lowest BCUT2D eigenvalue weighted by molar-refractivity contribution is -0.170. The molecule has 1 fully saturated rings. The molecule has 152 valence electrons. The molecule has 0 saturated carbocycles. The number of hydrogen-bond donors (Lipinski definition) is 3. The fourth-order valence-electron chi connectivity index (χ4n) is 3.89. The van der Waals surface area contributed by atoms with Gasteiger partial charge >= 0.3 is 19.6 Å². The Bertz CT molecular complexity index is 737. The van der Waals surface area contributed by atoms with Crippen LogP contribution < -0.4 is 0 Å². The van der Waals surface area contributed by atoms with Crippen molar-refractivity contribution in [2.24, 2.45) is 0 Å². The number of hydrazine groups is 1. The van der Waals surface area contributed by atoms with E-state index in [4.69, 9.17) is 0 Å². The molecule has 8 heteroatoms. The molecule has 2 heterocycles. The summed E-state index contributed by atoms with van der Waals surface area (Å²) in [4.78, 5) is 46.1. The number of aryl methyl sites for hydroxylation is 1. The Morgan fingerprint density at radius 1 is 1.14 bits per heavy atom. The topological polar surface area (TPSA) is 101 Å². The van der Waals surface area contributed by atoms with Gasteiger partial charge in [-0.3, -0.25) is 9.80 Å². The van der Waals surface area contributed by atoms with Crippen LogP contribution in [0.25, 0.3) is 0 Å². The molecule has 2 aliphatic heterocycles. The van der Waals surface area contributed by atoms with Crippen LogP contribution in [0, 0.1) is 0 Å². The van der Waals surface area contributed by atoms with E-state index in [1.54, 1.807) is 11.1 Å². The molecule has 7 nitrogen and oxygen atoms in total. The third-order valence-corrected chi connectivity index (χ3v) is 7.43. The summed E-state index contributed by atoms with van der Waals surface area (Å²) >= 11 is 0. The maximum Gasteiger partial charge on any atom is 0.328 e. The quantitative estimate of drug-likeness (QED) is 0.474. The summed E-state index contributed by atoms with van der Waals surface area (Å²) in [5.41, 5.74) is 1.19. The number of carbonyl (C=O) groups is 2. The van der Waals surface area contributed by atoms with E-state index in [9.17, 15) is 24.5 Å². The van der Waals surface area contributed by atoms with Gasteiger partial charge in [0.15, 0.2) is 0 Å². The summed E-state index contributed by atoms with van der Waals surface area (Å²) in [5.74, 6) is -1.62. The van der Waals surface area contributed by atoms with Gasteiger partial charge in [0.1, 0.15) is 12.2 Å². The van der Waals surface area contributed by atoms with Crippen LogP contribution in [-0.4, -0.2) is 62.1 Å². The van der Waals surface area contributed by atoms with Crippen LogP contribution in [0.2, 0.25) is 0 Å². The van der Waals surface area contributed by atoms with Gasteiger partial charge in [-0.2, -0.15) is 0 Å². The molecule has 28 heavy (non-hydrogen) atoms. The summed E-state index contributed by atoms with van der Waals surface area (Å²) in [6.45, 7) is 1.11. The molecule has 3 N–H and O–H groups in total. The zero-order valence-corrected chi connectivity index (χ0v) is 16.8. The third-order valence-electron chi connectivity index (χ3n) is 5.34. The van der Waals surface area contributed by atoms with E-state index in [0.717, 1.165) is 12.8 Å². The summed E-state index contributed by atoms with van der Waals surface area (Å²) in [6.07, 6.45) is 5.55. The van der Waals surface area contributed by atoms with E-state index in [-0.39, 0.29) is 11.5 Å². The van der Waals surface area contributed by atoms with E-state index < -0.39 is 25.6 Å². The second-order valence-electron chi connectivity index (χ2n) is 7.37. The van der Waals surface area contributed by atoms with Crippen molar-refractivity contribution in [3.63, 3.8) is 0 Å². The van der Waals surface area contributed by atoms with Gasteiger partial charge in [0, 0.05) is 13.1 Å². The van der Waals surface area contributed by atoms with E-state index in [2.05, 4.69) is 0 Å². The zero-order valence-electron chi connectivity index (χ0n) is 15.9. The minimum atomic E-state index is -3.59. The first-order chi connectivity index (χ1) is 13.4. The first-order valence-electron chi connectivity index (χ1n) is 9.79. The molecule has 0 spiro atoms. The molecule has 1 amide bonds. The maximum absolute atomic E-state index is 13.1. The van der Waals surface area contributed by atoms with Crippen molar-refractivity contribution in [2.45, 2.75) is 44.6 Å². The molecular formula is C20H28N2O5P+. The molecule has 1 atom stereocenters. The number of amides is 1. The Labute approximate surface area is 165 Å². The number of carbonyl (C=O) groups excluding carboxylic acids is 1. The summed E-state index contributed by atoms with van der Waals surface area (Å²) < 4.78 is 0. The standard InChI is InChI=1S/C20H27N2O5P/c23-19-18(12-7-14-21-13-6-11-17(20(24)25)22(19)21)28(26,27)15-5-4-10-16-8-2-1-3-9-16/h1-3,8-9,12,17,26-27H,4-7,10-11,13-15H2/p+1/t17-/m0/s1. The van der Waals surface area contributed by atoms with E-state index in [1.807, 2.05) is 30.3 Å². The smallest absolute Gasteiger partial charge is 0.328 e. The average Bonchev–Trinajstić information content (AvgIpc) is 2.85. The lowest BCUT2D eigenvalue weighted by Crippen LogP contribution is -2.58. The van der Waals surface area contributed by atoms with Gasteiger partial charge in [0.25, 0.3) is 0 Å². The SMILES string of the molecule is O=C(O)[C@@H]1CCCN2CCC=C([P+](O)(O)CCCCc3ccccc3)C(=O)N12. The van der Waals surface area contributed by atoms with Crippen molar-refractivity contribution in [3.05, 3.63) is 47.3 Å². The Balaban J connectivity index is 1.65. The second kappa shape index (κ2) is 9.14. The number of nitrogens with zero attached hydrogens (tertiary/aromatic N) is 2. The Morgan fingerprint density at radius 2 is 1.89 bits per heavy atom. The zero-order chi connectivity index (χ0) is 20.1. The summed E-state index contributed by atoms with van der Waals surface area (Å²) in [7, 11) is -3.59. The molecule has 3 rings (SSSR count). The predicted octanol–water partition coefficient (Wildman–Crippen LogP) is 2.42. The average molecular weight is 407 g/mol. The van der Waals surface area contributed by atoms with Gasteiger partial charge in [-0.15, -0.1) is 0 Å². The van der Waals surface area contributed by atoms with Crippen LogP contribution >= 0.6 is 7.72 Å². The van der Waals surface area contributed by atoms with Crippen molar-refractivity contribution >= 4 is 19.6 Å². The minimum Gasteiger partial charge on any atom is -0.480 e. The highest BCUT2D eigenvalue weighted by atomic mass is 31.2. The number of benzene rings is 1. The van der Waals surface area contributed by atoms with Crippen LogP contribution in [0.1, 0.15) is 37.7 Å². The van der Waals surface area contributed by atoms with Crippen molar-refractivity contribution in [3.8, 4) is 0 Å². The molecular weight excluding hydrogens is 379 g/mol. The van der Waals surface area contributed by atoms with Crippen LogP contribution in [-0.2, 0) is 16.0 Å². The lowest BCUT2D eigenvalue weighted by atomic mass is 10.1. The molecule has 0 bridgehead atoms. The normalized spacial score (nSPS) is 21.1. The van der Waals surface area contributed by atoms with Gasteiger partial charge in [0.2, 0.25) is 5.31 Å². The van der Waals surface area contributed by atoms with Crippen LogP contribution in [0.4, 0.5) is 0 Å². The second-order valence-corrected chi connectivity index (χ2v) is 9.76. The largest absolute Gasteiger partial charge is 0.480 e. The summed E-state index contributed by atoms with van der Waals surface area (Å²) in [6, 6.07) is 9.04. The molecule has 1 aromatic rings. The number of aliphatic carboxylic acids is 1. The van der Waals surface area contributed by atoms with Crippen LogP contribution in [0.3, 0.4) is 0 Å². The van der Waals surface area contributed by atoms with Crippen molar-refractivity contribution in [1.29, 1.82) is 0 Å². The predicted molar refractivity (Wildman–Crippen MR) is 107 cm³/mol. The fraction of sp³-hybridized carbons (Fsp3) is 0.500. The van der Waals surface area contributed by atoms with Crippen molar-refractivity contribution in [1.82, 2.24) is 10.0 Å². The van der Waals surface area contributed by atoms with Gasteiger partial charge in [-0.1, -0.05) is 30.3 Å². The first-order valence-corrected chi connectivity index (χ1v) is 11.7. The maximum atomic E-state index is 13.1. The van der Waals surface area contributed by atoms with Crippen molar-refractivity contribution < 1.29 is 24.5 Å². The number of carboxylic acids is 1. The van der Waals surface area contributed by atoms with Crippen LogP contribution in [0.15, 0.2) is 41.7 Å². The first kappa shape index (κ1) is 20.9. The fourth-order valence-corrected chi connectivity index (χ4v) is 5.63. The van der Waals surface area contributed by atoms with E-state index in [1.165, 1.54) is 10.6 Å². The van der Waals surface area contributed by atoms with Gasteiger partial charge in [-0.25, -0.2) is 19.6 Å². The number of rotatable bonds is 7.